The molecule has 2 rings (SSSR count). The van der Waals surface area contributed by atoms with Gasteiger partial charge in [0.05, 0.1) is 5.92 Å². The fraction of sp³-hybridized carbons (Fsp3) is 0.176. The van der Waals surface area contributed by atoms with E-state index in [0.29, 0.717) is 5.56 Å². The molecule has 0 aromatic heterocycles. The van der Waals surface area contributed by atoms with Crippen molar-refractivity contribution in [3.63, 3.8) is 0 Å². The molecule has 0 unspecified atom stereocenters. The average Bonchev–Trinajstić information content (AvgIpc) is 2.51. The van der Waals surface area contributed by atoms with Gasteiger partial charge in [0.2, 0.25) is 0 Å². The molecule has 1 atom stereocenters. The number of rotatable bonds is 5. The van der Waals surface area contributed by atoms with Gasteiger partial charge < -0.3 is 16.2 Å². The predicted octanol–water partition coefficient (Wildman–Crippen LogP) is 2.85. The molecule has 5 nitrogen and oxygen atoms in total. The minimum Gasteiger partial charge on any atom is -0.405 e. The number of ether oxygens (including phenoxy) is 1. The van der Waals surface area contributed by atoms with Crippen LogP contribution in [0.4, 0.5) is 17.6 Å². The van der Waals surface area contributed by atoms with E-state index in [4.69, 9.17) is 11.5 Å². The van der Waals surface area contributed by atoms with Gasteiger partial charge in [0.1, 0.15) is 11.6 Å². The zero-order chi connectivity index (χ0) is 19.3. The third kappa shape index (κ3) is 5.47. The second-order valence-electron chi connectivity index (χ2n) is 5.35. The molecule has 0 saturated carbocycles. The van der Waals surface area contributed by atoms with Gasteiger partial charge in [-0.1, -0.05) is 30.3 Å². The van der Waals surface area contributed by atoms with E-state index in [-0.39, 0.29) is 12.0 Å². The van der Waals surface area contributed by atoms with Crippen LogP contribution in [0.3, 0.4) is 0 Å². The number of alkyl halides is 3. The summed E-state index contributed by atoms with van der Waals surface area (Å²) in [6.07, 6.45) is -5.07. The van der Waals surface area contributed by atoms with Crippen LogP contribution >= 0.6 is 0 Å². The van der Waals surface area contributed by atoms with Crippen LogP contribution in [-0.2, 0) is 11.2 Å². The lowest BCUT2D eigenvalue weighted by atomic mass is 9.90. The molecule has 0 bridgehead atoms. The first-order valence-corrected chi connectivity index (χ1v) is 7.38. The van der Waals surface area contributed by atoms with E-state index in [1.165, 1.54) is 42.5 Å². The van der Waals surface area contributed by atoms with E-state index in [2.05, 4.69) is 9.73 Å². The minimum absolute atomic E-state index is 0.0657. The van der Waals surface area contributed by atoms with Gasteiger partial charge in [-0.2, -0.15) is 4.99 Å². The Morgan fingerprint density at radius 2 is 1.81 bits per heavy atom. The summed E-state index contributed by atoms with van der Waals surface area (Å²) in [5, 5.41) is 0. The lowest BCUT2D eigenvalue weighted by Crippen LogP contribution is -2.27. The van der Waals surface area contributed by atoms with Gasteiger partial charge in [-0.15, -0.1) is 13.2 Å². The Hall–Kier alpha value is -3.10. The van der Waals surface area contributed by atoms with Crippen molar-refractivity contribution in [3.05, 3.63) is 65.5 Å². The Balaban J connectivity index is 2.47. The Labute approximate surface area is 146 Å². The van der Waals surface area contributed by atoms with Crippen LogP contribution < -0.4 is 16.2 Å². The van der Waals surface area contributed by atoms with Crippen molar-refractivity contribution < 1.29 is 27.1 Å². The SMILES string of the molecule is NC(N)=NC(=O)[C@H](Cc1cccc(F)c1)c1ccccc1OC(F)(F)F. The molecule has 4 N–H and O–H groups in total. The number of guanidine groups is 1. The summed E-state index contributed by atoms with van der Waals surface area (Å²) in [7, 11) is 0. The number of halogens is 4. The average molecular weight is 369 g/mol. The first-order chi connectivity index (χ1) is 12.2. The van der Waals surface area contributed by atoms with E-state index >= 15 is 0 Å². The Morgan fingerprint density at radius 1 is 1.12 bits per heavy atom. The van der Waals surface area contributed by atoms with Crippen molar-refractivity contribution in [1.82, 2.24) is 0 Å². The Morgan fingerprint density at radius 3 is 2.42 bits per heavy atom. The molecular formula is C17H15F4N3O2. The third-order valence-corrected chi connectivity index (χ3v) is 3.39. The van der Waals surface area contributed by atoms with Crippen LogP contribution in [-0.4, -0.2) is 18.2 Å². The van der Waals surface area contributed by atoms with Crippen LogP contribution in [0.2, 0.25) is 0 Å². The number of nitrogens with two attached hydrogens (primary N) is 2. The van der Waals surface area contributed by atoms with Crippen molar-refractivity contribution in [2.24, 2.45) is 16.5 Å². The van der Waals surface area contributed by atoms with Crippen LogP contribution in [0.5, 0.6) is 5.75 Å². The largest absolute Gasteiger partial charge is 0.573 e. The molecule has 0 aliphatic heterocycles. The molecule has 26 heavy (non-hydrogen) atoms. The zero-order valence-corrected chi connectivity index (χ0v) is 13.3. The molecule has 138 valence electrons. The number of nitrogens with zero attached hydrogens (tertiary/aromatic N) is 1. The first kappa shape index (κ1) is 19.2. The van der Waals surface area contributed by atoms with Gasteiger partial charge >= 0.3 is 6.36 Å². The molecule has 0 aliphatic carbocycles. The maximum Gasteiger partial charge on any atom is 0.573 e. The van der Waals surface area contributed by atoms with Gasteiger partial charge in [-0.25, -0.2) is 4.39 Å². The normalized spacial score (nSPS) is 12.3. The molecule has 2 aromatic rings. The smallest absolute Gasteiger partial charge is 0.405 e. The number of aliphatic imine (C=N–C) groups is 1. The molecule has 9 heteroatoms. The van der Waals surface area contributed by atoms with Gasteiger partial charge in [-0.3, -0.25) is 4.79 Å². The molecule has 2 aromatic carbocycles. The maximum absolute atomic E-state index is 13.4. The molecule has 0 spiro atoms. The first-order valence-electron chi connectivity index (χ1n) is 7.38. The Bertz CT molecular complexity index is 818. The number of hydrogen-bond acceptors (Lipinski definition) is 2. The van der Waals surface area contributed by atoms with Crippen LogP contribution in [0, 0.1) is 5.82 Å². The summed E-state index contributed by atoms with van der Waals surface area (Å²) in [5.74, 6) is -3.70. The predicted molar refractivity (Wildman–Crippen MR) is 86.8 cm³/mol. The van der Waals surface area contributed by atoms with E-state index in [1.807, 2.05) is 0 Å². The molecule has 0 heterocycles. The number of amides is 1. The minimum atomic E-state index is -4.95. The highest BCUT2D eigenvalue weighted by molar-refractivity contribution is 5.95. The van der Waals surface area contributed by atoms with Crippen molar-refractivity contribution in [1.29, 1.82) is 0 Å². The number of carbonyl (C=O) groups excluding carboxylic acids is 1. The van der Waals surface area contributed by atoms with Crippen molar-refractivity contribution in [2.75, 3.05) is 0 Å². The lowest BCUT2D eigenvalue weighted by molar-refractivity contribution is -0.275. The number of para-hydroxylation sites is 1. The van der Waals surface area contributed by atoms with Crippen molar-refractivity contribution >= 4 is 11.9 Å². The number of benzene rings is 2. The highest BCUT2D eigenvalue weighted by Crippen LogP contribution is 2.34. The molecule has 0 aliphatic rings. The second-order valence-corrected chi connectivity index (χ2v) is 5.35. The van der Waals surface area contributed by atoms with E-state index in [0.717, 1.165) is 6.07 Å². The summed E-state index contributed by atoms with van der Waals surface area (Å²) in [4.78, 5) is 15.8. The highest BCUT2D eigenvalue weighted by Gasteiger charge is 2.34. The van der Waals surface area contributed by atoms with Gasteiger partial charge in [-0.05, 0) is 30.2 Å². The fourth-order valence-electron chi connectivity index (χ4n) is 2.42. The van der Waals surface area contributed by atoms with E-state index in [9.17, 15) is 22.4 Å². The van der Waals surface area contributed by atoms with Crippen LogP contribution in [0.25, 0.3) is 0 Å². The van der Waals surface area contributed by atoms with Crippen molar-refractivity contribution in [3.8, 4) is 5.75 Å². The summed E-state index contributed by atoms with van der Waals surface area (Å²) in [6.45, 7) is 0. The van der Waals surface area contributed by atoms with Gasteiger partial charge in [0, 0.05) is 5.56 Å². The number of hydrogen-bond donors (Lipinski definition) is 2. The summed E-state index contributed by atoms with van der Waals surface area (Å²) in [5.41, 5.74) is 10.7. The summed E-state index contributed by atoms with van der Waals surface area (Å²) in [6, 6.07) is 10.5. The van der Waals surface area contributed by atoms with Crippen molar-refractivity contribution in [2.45, 2.75) is 18.7 Å². The molecule has 1 amide bonds. The van der Waals surface area contributed by atoms with Gasteiger partial charge in [0.25, 0.3) is 5.91 Å². The molecular weight excluding hydrogens is 354 g/mol. The third-order valence-electron chi connectivity index (χ3n) is 3.39. The quantitative estimate of drug-likeness (QED) is 0.482. The van der Waals surface area contributed by atoms with Gasteiger partial charge in [0.15, 0.2) is 5.96 Å². The van der Waals surface area contributed by atoms with Crippen LogP contribution in [0.15, 0.2) is 53.5 Å². The summed E-state index contributed by atoms with van der Waals surface area (Å²) >= 11 is 0. The van der Waals surface area contributed by atoms with Crippen LogP contribution in [0.1, 0.15) is 17.0 Å². The summed E-state index contributed by atoms with van der Waals surface area (Å²) < 4.78 is 55.4. The fourth-order valence-corrected chi connectivity index (χ4v) is 2.42. The Kier molecular flexibility index (Phi) is 5.81. The maximum atomic E-state index is 13.4. The highest BCUT2D eigenvalue weighted by atomic mass is 19.4. The standard InChI is InChI=1S/C17H15F4N3O2/c18-11-5-3-4-10(8-11)9-13(15(25)24-16(22)23)12-6-1-2-7-14(12)26-17(19,20)21/h1-8,13H,9H2,(H4,22,23,24,25)/t13-/m1/s1. The van der Waals surface area contributed by atoms with E-state index < -0.39 is 35.7 Å². The lowest BCUT2D eigenvalue weighted by Gasteiger charge is -2.19. The molecule has 0 saturated heterocycles. The topological polar surface area (TPSA) is 90.7 Å². The number of carbonyl (C=O) groups is 1. The molecule has 0 radical (unpaired) electrons. The molecule has 0 fully saturated rings. The zero-order valence-electron chi connectivity index (χ0n) is 13.3. The second kappa shape index (κ2) is 7.85. The monoisotopic (exact) mass is 369 g/mol. The van der Waals surface area contributed by atoms with E-state index in [1.54, 1.807) is 0 Å².